The molecule has 0 radical (unpaired) electrons. The van der Waals surface area contributed by atoms with Gasteiger partial charge in [-0.1, -0.05) is 18.2 Å². The molecule has 0 atom stereocenters. The third-order valence-electron chi connectivity index (χ3n) is 5.57. The molecule has 10 heteroatoms. The minimum Gasteiger partial charge on any atom is -0.346 e. The zero-order valence-electron chi connectivity index (χ0n) is 19.1. The van der Waals surface area contributed by atoms with E-state index in [1.807, 2.05) is 55.8 Å². The fraction of sp³-hybridized carbons (Fsp3) is 0.120. The molecule has 0 aliphatic rings. The summed E-state index contributed by atoms with van der Waals surface area (Å²) in [6.45, 7) is 0.182. The van der Waals surface area contributed by atoms with Crippen molar-refractivity contribution in [3.63, 3.8) is 0 Å². The van der Waals surface area contributed by atoms with Crippen molar-refractivity contribution < 1.29 is 13.2 Å². The summed E-state index contributed by atoms with van der Waals surface area (Å²) in [7, 11) is -1.55. The molecule has 0 fully saturated rings. The molecular weight excluding hydrogens is 464 g/mol. The van der Waals surface area contributed by atoms with E-state index >= 15 is 0 Å². The number of carbonyl (C=O) groups excluding carboxylic acids is 1. The number of rotatable bonds is 6. The van der Waals surface area contributed by atoms with Crippen LogP contribution >= 0.6 is 0 Å². The summed E-state index contributed by atoms with van der Waals surface area (Å²) >= 11 is 0. The van der Waals surface area contributed by atoms with E-state index in [2.05, 4.69) is 21.5 Å². The Kier molecular flexibility index (Phi) is 5.65. The van der Waals surface area contributed by atoms with Gasteiger partial charge in [0.1, 0.15) is 0 Å². The van der Waals surface area contributed by atoms with E-state index < -0.39 is 10.0 Å². The maximum Gasteiger partial charge on any atom is 0.253 e. The van der Waals surface area contributed by atoms with Crippen LogP contribution in [0.4, 0.5) is 0 Å². The maximum atomic E-state index is 12.4. The minimum absolute atomic E-state index is 0.182. The maximum absolute atomic E-state index is 12.4. The lowest BCUT2D eigenvalue weighted by Gasteiger charge is -2.07. The SMILES string of the molecule is Cn1cc(-c2cccc(-c3ccc4cnc(CNC(=O)c5ccn(S(C)(=O)=O)c5)cc4n3)c2)cn1. The van der Waals surface area contributed by atoms with Crippen molar-refractivity contribution in [2.45, 2.75) is 6.54 Å². The van der Waals surface area contributed by atoms with Crippen LogP contribution in [0.25, 0.3) is 33.3 Å². The van der Waals surface area contributed by atoms with Crippen molar-refractivity contribution in [3.8, 4) is 22.4 Å². The lowest BCUT2D eigenvalue weighted by molar-refractivity contribution is 0.0950. The Hall–Kier alpha value is -4.31. The van der Waals surface area contributed by atoms with Gasteiger partial charge in [0.15, 0.2) is 0 Å². The number of benzene rings is 1. The summed E-state index contributed by atoms with van der Waals surface area (Å²) in [5.74, 6) is -0.386. The van der Waals surface area contributed by atoms with E-state index in [-0.39, 0.29) is 18.0 Å². The average Bonchev–Trinajstić information content (AvgIpc) is 3.52. The second-order valence-corrected chi connectivity index (χ2v) is 10.1. The van der Waals surface area contributed by atoms with Gasteiger partial charge in [-0.05, 0) is 35.9 Å². The number of fused-ring (bicyclic) bond motifs is 1. The van der Waals surface area contributed by atoms with Crippen molar-refractivity contribution >= 4 is 26.8 Å². The van der Waals surface area contributed by atoms with Crippen molar-refractivity contribution in [3.05, 3.63) is 90.8 Å². The van der Waals surface area contributed by atoms with Crippen LogP contribution in [0.1, 0.15) is 16.1 Å². The zero-order chi connectivity index (χ0) is 24.6. The molecule has 5 aromatic rings. The van der Waals surface area contributed by atoms with Crippen LogP contribution < -0.4 is 5.32 Å². The van der Waals surface area contributed by atoms with E-state index in [0.29, 0.717) is 5.69 Å². The topological polar surface area (TPSA) is 112 Å². The van der Waals surface area contributed by atoms with Gasteiger partial charge in [0, 0.05) is 48.3 Å². The number of hydrogen-bond acceptors (Lipinski definition) is 6. The minimum atomic E-state index is -3.44. The molecule has 35 heavy (non-hydrogen) atoms. The lowest BCUT2D eigenvalue weighted by atomic mass is 10.0. The normalized spacial score (nSPS) is 11.6. The number of nitrogens with zero attached hydrogens (tertiary/aromatic N) is 5. The van der Waals surface area contributed by atoms with E-state index in [4.69, 9.17) is 4.98 Å². The molecule has 0 saturated heterocycles. The van der Waals surface area contributed by atoms with Crippen LogP contribution in [0.5, 0.6) is 0 Å². The fourth-order valence-electron chi connectivity index (χ4n) is 3.73. The smallest absolute Gasteiger partial charge is 0.253 e. The summed E-state index contributed by atoms with van der Waals surface area (Å²) in [5, 5.41) is 7.90. The van der Waals surface area contributed by atoms with Crippen molar-refractivity contribution in [1.29, 1.82) is 0 Å². The van der Waals surface area contributed by atoms with Gasteiger partial charge in [0.05, 0.1) is 41.5 Å². The van der Waals surface area contributed by atoms with Crippen LogP contribution in [0.15, 0.2) is 79.5 Å². The summed E-state index contributed by atoms with van der Waals surface area (Å²) in [6.07, 6.45) is 9.22. The third-order valence-corrected chi connectivity index (χ3v) is 6.56. The first-order valence-electron chi connectivity index (χ1n) is 10.8. The highest BCUT2D eigenvalue weighted by atomic mass is 32.2. The largest absolute Gasteiger partial charge is 0.346 e. The highest BCUT2D eigenvalue weighted by Gasteiger charge is 2.12. The molecule has 1 aromatic carbocycles. The predicted molar refractivity (Wildman–Crippen MR) is 133 cm³/mol. The Labute approximate surface area is 202 Å². The Bertz CT molecular complexity index is 1670. The molecule has 176 valence electrons. The second kappa shape index (κ2) is 8.80. The first kappa shape index (κ1) is 22.5. The number of carbonyl (C=O) groups is 1. The number of hydrogen-bond donors (Lipinski definition) is 1. The van der Waals surface area contributed by atoms with Gasteiger partial charge in [0.2, 0.25) is 10.0 Å². The Balaban J connectivity index is 1.36. The van der Waals surface area contributed by atoms with E-state index in [1.165, 1.54) is 18.5 Å². The molecular formula is C25H22N6O3S. The molecule has 0 spiro atoms. The van der Waals surface area contributed by atoms with Gasteiger partial charge in [-0.25, -0.2) is 13.4 Å². The number of amides is 1. The van der Waals surface area contributed by atoms with Crippen LogP contribution in [-0.4, -0.2) is 44.3 Å². The summed E-state index contributed by atoms with van der Waals surface area (Å²) in [4.78, 5) is 21.7. The van der Waals surface area contributed by atoms with Crippen LogP contribution in [0.3, 0.4) is 0 Å². The molecule has 4 aromatic heterocycles. The molecule has 0 aliphatic heterocycles. The molecule has 0 unspecified atom stereocenters. The molecule has 0 aliphatic carbocycles. The van der Waals surface area contributed by atoms with Gasteiger partial charge < -0.3 is 5.32 Å². The third kappa shape index (κ3) is 4.82. The molecule has 0 saturated carbocycles. The van der Waals surface area contributed by atoms with E-state index in [9.17, 15) is 13.2 Å². The molecule has 1 N–H and O–H groups in total. The number of aryl methyl sites for hydroxylation is 1. The van der Waals surface area contributed by atoms with Crippen LogP contribution in [-0.2, 0) is 23.6 Å². The zero-order valence-corrected chi connectivity index (χ0v) is 19.9. The van der Waals surface area contributed by atoms with Gasteiger partial charge in [0.25, 0.3) is 5.91 Å². The van der Waals surface area contributed by atoms with Crippen LogP contribution in [0.2, 0.25) is 0 Å². The second-order valence-electron chi connectivity index (χ2n) is 8.22. The van der Waals surface area contributed by atoms with Gasteiger partial charge in [-0.2, -0.15) is 5.10 Å². The molecule has 1 amide bonds. The van der Waals surface area contributed by atoms with Gasteiger partial charge in [-0.3, -0.25) is 18.4 Å². The van der Waals surface area contributed by atoms with Crippen LogP contribution in [0, 0.1) is 0 Å². The molecule has 4 heterocycles. The standard InChI is InChI=1S/C25H22N6O3S/c1-30-15-21(13-28-30)17-4-3-5-18(10-17)23-7-6-19-12-26-22(11-24(19)29-23)14-27-25(32)20-8-9-31(16-20)35(2,33)34/h3-13,15-16H,14H2,1-2H3,(H,27,32). The van der Waals surface area contributed by atoms with Crippen molar-refractivity contribution in [1.82, 2.24) is 29.0 Å². The summed E-state index contributed by atoms with van der Waals surface area (Å²) < 4.78 is 26.0. The Morgan fingerprint density at radius 3 is 2.57 bits per heavy atom. The average molecular weight is 487 g/mol. The quantitative estimate of drug-likeness (QED) is 0.394. The Morgan fingerprint density at radius 2 is 1.83 bits per heavy atom. The number of nitrogens with one attached hydrogen (secondary N) is 1. The highest BCUT2D eigenvalue weighted by molar-refractivity contribution is 7.89. The van der Waals surface area contributed by atoms with Crippen molar-refractivity contribution in [2.24, 2.45) is 7.05 Å². The molecule has 0 bridgehead atoms. The first-order valence-corrected chi connectivity index (χ1v) is 12.6. The first-order chi connectivity index (χ1) is 16.8. The monoisotopic (exact) mass is 486 g/mol. The summed E-state index contributed by atoms with van der Waals surface area (Å²) in [5.41, 5.74) is 5.55. The molecule has 9 nitrogen and oxygen atoms in total. The van der Waals surface area contributed by atoms with E-state index in [1.54, 1.807) is 10.9 Å². The van der Waals surface area contributed by atoms with Crippen molar-refractivity contribution in [2.75, 3.05) is 6.26 Å². The van der Waals surface area contributed by atoms with Gasteiger partial charge >= 0.3 is 0 Å². The highest BCUT2D eigenvalue weighted by Crippen LogP contribution is 2.26. The van der Waals surface area contributed by atoms with E-state index in [0.717, 1.165) is 43.5 Å². The Morgan fingerprint density at radius 1 is 1.00 bits per heavy atom. The number of aromatic nitrogens is 5. The fourth-order valence-corrected chi connectivity index (χ4v) is 4.32. The predicted octanol–water partition coefficient (Wildman–Crippen LogP) is 3.24. The summed E-state index contributed by atoms with van der Waals surface area (Å²) in [6, 6.07) is 15.3. The van der Waals surface area contributed by atoms with Gasteiger partial charge in [-0.15, -0.1) is 0 Å². The molecule has 5 rings (SSSR count). The number of pyridine rings is 2. The lowest BCUT2D eigenvalue weighted by Crippen LogP contribution is -2.23.